The molecule has 0 saturated heterocycles. The van der Waals surface area contributed by atoms with Gasteiger partial charge in [0.25, 0.3) is 0 Å². The van der Waals surface area contributed by atoms with E-state index in [0.717, 1.165) is 21.4 Å². The van der Waals surface area contributed by atoms with Crippen LogP contribution < -0.4 is 5.32 Å². The number of nitrogens with one attached hydrogen (secondary N) is 1. The van der Waals surface area contributed by atoms with Crippen molar-refractivity contribution >= 4 is 39.9 Å². The Morgan fingerprint density at radius 3 is 3.08 bits per heavy atom. The van der Waals surface area contributed by atoms with Crippen LogP contribution in [0.3, 0.4) is 0 Å². The Kier molecular flexibility index (Phi) is 3.99. The molecule has 0 amide bonds. The van der Waals surface area contributed by atoms with Crippen LogP contribution in [0, 0.1) is 3.57 Å². The fourth-order valence-corrected chi connectivity index (χ4v) is 1.44. The molecule has 0 aliphatic rings. The molecule has 0 atom stereocenters. The third-order valence-electron chi connectivity index (χ3n) is 1.40. The van der Waals surface area contributed by atoms with Crippen molar-refractivity contribution < 1.29 is 0 Å². The van der Waals surface area contributed by atoms with Gasteiger partial charge in [-0.15, -0.1) is 0 Å². The van der Waals surface area contributed by atoms with Crippen LogP contribution in [-0.2, 0) is 0 Å². The molecule has 1 rings (SSSR count). The molecular weight excluding hydrogens is 298 g/mol. The lowest BCUT2D eigenvalue weighted by Gasteiger charge is -2.07. The molecule has 1 N–H and O–H groups in total. The van der Waals surface area contributed by atoms with Crippen LogP contribution in [0.25, 0.3) is 0 Å². The van der Waals surface area contributed by atoms with E-state index in [-0.39, 0.29) is 0 Å². The molecule has 1 aromatic heterocycles. The Hall–Kier alpha value is -0.290. The fraction of sp³-hybridized carbons (Fsp3) is 0.222. The fourth-order valence-electron chi connectivity index (χ4n) is 0.795. The van der Waals surface area contributed by atoms with Crippen molar-refractivity contribution in [2.24, 2.45) is 0 Å². The third-order valence-corrected chi connectivity index (χ3v) is 2.47. The minimum atomic E-state index is 0.504. The second-order valence-corrected chi connectivity index (χ2v) is 4.35. The lowest BCUT2D eigenvalue weighted by atomic mass is 10.3. The average molecular weight is 309 g/mol. The van der Waals surface area contributed by atoms with E-state index < -0.39 is 0 Å². The summed E-state index contributed by atoms with van der Waals surface area (Å²) >= 11 is 7.97. The molecule has 4 heteroatoms. The van der Waals surface area contributed by atoms with Crippen LogP contribution >= 0.6 is 34.2 Å². The number of anilines is 1. The van der Waals surface area contributed by atoms with E-state index in [1.165, 1.54) is 0 Å². The minimum Gasteiger partial charge on any atom is -0.380 e. The van der Waals surface area contributed by atoms with Crippen LogP contribution in [-0.4, -0.2) is 11.5 Å². The Morgan fingerprint density at radius 1 is 1.77 bits per heavy atom. The second kappa shape index (κ2) is 4.81. The smallest absolute Gasteiger partial charge is 0.131 e. The number of hydrogen-bond acceptors (Lipinski definition) is 2. The highest BCUT2D eigenvalue weighted by molar-refractivity contribution is 14.1. The molecule has 1 heterocycles. The average Bonchev–Trinajstić information content (AvgIpc) is 2.06. The van der Waals surface area contributed by atoms with Gasteiger partial charge in [0.1, 0.15) is 5.15 Å². The molecule has 0 aromatic carbocycles. The van der Waals surface area contributed by atoms with Crippen LogP contribution in [0.1, 0.15) is 6.92 Å². The van der Waals surface area contributed by atoms with Gasteiger partial charge in [-0.2, -0.15) is 0 Å². The normalized spacial score (nSPS) is 9.77. The van der Waals surface area contributed by atoms with Crippen molar-refractivity contribution in [1.29, 1.82) is 0 Å². The van der Waals surface area contributed by atoms with E-state index in [2.05, 4.69) is 39.5 Å². The minimum absolute atomic E-state index is 0.504. The Balaban J connectivity index is 2.75. The number of nitrogens with zero attached hydrogens (tertiary/aromatic N) is 1. The van der Waals surface area contributed by atoms with Gasteiger partial charge in [0.2, 0.25) is 0 Å². The zero-order chi connectivity index (χ0) is 9.84. The van der Waals surface area contributed by atoms with Crippen LogP contribution in [0.5, 0.6) is 0 Å². The van der Waals surface area contributed by atoms with Crippen molar-refractivity contribution in [2.75, 3.05) is 11.9 Å². The number of rotatable bonds is 3. The molecule has 0 radical (unpaired) electrons. The highest BCUT2D eigenvalue weighted by Gasteiger charge is 2.00. The van der Waals surface area contributed by atoms with E-state index in [4.69, 9.17) is 11.6 Å². The molecule has 0 saturated carbocycles. The Bertz CT molecular complexity index is 325. The van der Waals surface area contributed by atoms with Gasteiger partial charge in [0.05, 0.1) is 9.26 Å². The first kappa shape index (κ1) is 10.8. The summed E-state index contributed by atoms with van der Waals surface area (Å²) in [4.78, 5) is 3.96. The van der Waals surface area contributed by atoms with E-state index in [1.807, 2.05) is 13.0 Å². The zero-order valence-corrected chi connectivity index (χ0v) is 10.2. The molecule has 0 fully saturated rings. The first-order valence-corrected chi connectivity index (χ1v) is 5.24. The quantitative estimate of drug-likeness (QED) is 0.526. The summed E-state index contributed by atoms with van der Waals surface area (Å²) in [5.41, 5.74) is 2.09. The summed E-state index contributed by atoms with van der Waals surface area (Å²) in [7, 11) is 0. The highest BCUT2D eigenvalue weighted by atomic mass is 127. The number of halogens is 2. The lowest BCUT2D eigenvalue weighted by molar-refractivity contribution is 1.20. The van der Waals surface area contributed by atoms with Gasteiger partial charge >= 0.3 is 0 Å². The zero-order valence-electron chi connectivity index (χ0n) is 7.27. The number of hydrogen-bond donors (Lipinski definition) is 1. The van der Waals surface area contributed by atoms with Gasteiger partial charge in [-0.05, 0) is 35.6 Å². The summed E-state index contributed by atoms with van der Waals surface area (Å²) in [6, 6.07) is 1.81. The first-order chi connectivity index (χ1) is 6.09. The molecule has 1 aromatic rings. The van der Waals surface area contributed by atoms with Gasteiger partial charge in [0, 0.05) is 12.7 Å². The van der Waals surface area contributed by atoms with Gasteiger partial charge in [0.15, 0.2) is 0 Å². The van der Waals surface area contributed by atoms with Crippen LogP contribution in [0.4, 0.5) is 5.69 Å². The highest BCUT2D eigenvalue weighted by Crippen LogP contribution is 2.20. The topological polar surface area (TPSA) is 24.9 Å². The van der Waals surface area contributed by atoms with Crippen molar-refractivity contribution in [2.45, 2.75) is 6.92 Å². The van der Waals surface area contributed by atoms with Gasteiger partial charge < -0.3 is 5.32 Å². The summed E-state index contributed by atoms with van der Waals surface area (Å²) in [5, 5.41) is 3.73. The van der Waals surface area contributed by atoms with Crippen molar-refractivity contribution in [3.63, 3.8) is 0 Å². The largest absolute Gasteiger partial charge is 0.380 e. The van der Waals surface area contributed by atoms with Crippen molar-refractivity contribution in [1.82, 2.24) is 4.98 Å². The van der Waals surface area contributed by atoms with Gasteiger partial charge in [-0.1, -0.05) is 23.8 Å². The molecular formula is C9H10ClIN2. The summed E-state index contributed by atoms with van der Waals surface area (Å²) in [6.45, 7) is 6.54. The first-order valence-electron chi connectivity index (χ1n) is 3.79. The van der Waals surface area contributed by atoms with Gasteiger partial charge in [-0.3, -0.25) is 0 Å². The molecule has 0 aliphatic carbocycles. The number of pyridine rings is 1. The van der Waals surface area contributed by atoms with E-state index >= 15 is 0 Å². The molecule has 13 heavy (non-hydrogen) atoms. The SMILES string of the molecule is C=C(C)CNc1cc(Cl)ncc1I. The monoisotopic (exact) mass is 308 g/mol. The number of aromatic nitrogens is 1. The molecule has 0 spiro atoms. The predicted molar refractivity (Wildman–Crippen MR) is 65.3 cm³/mol. The molecule has 0 bridgehead atoms. The lowest BCUT2D eigenvalue weighted by Crippen LogP contribution is -2.03. The van der Waals surface area contributed by atoms with Crippen LogP contribution in [0.15, 0.2) is 24.4 Å². The van der Waals surface area contributed by atoms with E-state index in [1.54, 1.807) is 6.20 Å². The third kappa shape index (κ3) is 3.52. The van der Waals surface area contributed by atoms with E-state index in [0.29, 0.717) is 5.15 Å². The molecule has 70 valence electrons. The maximum Gasteiger partial charge on any atom is 0.131 e. The van der Waals surface area contributed by atoms with Crippen LogP contribution in [0.2, 0.25) is 5.15 Å². The maximum absolute atomic E-state index is 5.76. The standard InChI is InChI=1S/C9H10ClIN2/c1-6(2)4-12-8-3-9(10)13-5-7(8)11/h3,5H,1,4H2,2H3,(H,12,13). The molecule has 0 aliphatic heterocycles. The second-order valence-electron chi connectivity index (χ2n) is 2.80. The van der Waals surface area contributed by atoms with Crippen molar-refractivity contribution in [3.8, 4) is 0 Å². The van der Waals surface area contributed by atoms with Gasteiger partial charge in [-0.25, -0.2) is 4.98 Å². The molecule has 0 unspecified atom stereocenters. The molecule has 2 nitrogen and oxygen atoms in total. The Labute approximate surface area is 96.5 Å². The summed E-state index contributed by atoms with van der Waals surface area (Å²) in [5.74, 6) is 0. The summed E-state index contributed by atoms with van der Waals surface area (Å²) in [6.07, 6.45) is 1.74. The predicted octanol–water partition coefficient (Wildman–Crippen LogP) is 3.33. The maximum atomic E-state index is 5.76. The van der Waals surface area contributed by atoms with Crippen molar-refractivity contribution in [3.05, 3.63) is 33.1 Å². The summed E-state index contributed by atoms with van der Waals surface area (Å²) < 4.78 is 1.06. The van der Waals surface area contributed by atoms with E-state index in [9.17, 15) is 0 Å². The Morgan fingerprint density at radius 2 is 2.46 bits per heavy atom.